The molecule has 4 heteroatoms. The molecular formula is C12H20N2O2. The SMILES string of the molecule is OCCN(CCO)CCCc1ccncc1. The van der Waals surface area contributed by atoms with Crippen LogP contribution in [0.1, 0.15) is 12.0 Å². The molecule has 4 nitrogen and oxygen atoms in total. The van der Waals surface area contributed by atoms with Gasteiger partial charge < -0.3 is 10.2 Å². The van der Waals surface area contributed by atoms with Crippen molar-refractivity contribution in [2.45, 2.75) is 12.8 Å². The van der Waals surface area contributed by atoms with E-state index >= 15 is 0 Å². The van der Waals surface area contributed by atoms with Crippen molar-refractivity contribution in [1.82, 2.24) is 9.88 Å². The summed E-state index contributed by atoms with van der Waals surface area (Å²) >= 11 is 0. The molecule has 1 aromatic heterocycles. The van der Waals surface area contributed by atoms with Gasteiger partial charge in [0.25, 0.3) is 0 Å². The number of aliphatic hydroxyl groups excluding tert-OH is 2. The minimum Gasteiger partial charge on any atom is -0.395 e. The van der Waals surface area contributed by atoms with Crippen molar-refractivity contribution in [2.24, 2.45) is 0 Å². The minimum absolute atomic E-state index is 0.148. The van der Waals surface area contributed by atoms with Crippen molar-refractivity contribution in [2.75, 3.05) is 32.8 Å². The average molecular weight is 224 g/mol. The molecule has 0 fully saturated rings. The van der Waals surface area contributed by atoms with Crippen LogP contribution in [0.25, 0.3) is 0 Å². The molecule has 90 valence electrons. The fourth-order valence-corrected chi connectivity index (χ4v) is 1.67. The Morgan fingerprint density at radius 2 is 1.62 bits per heavy atom. The molecule has 0 radical (unpaired) electrons. The van der Waals surface area contributed by atoms with Crippen molar-refractivity contribution in [3.8, 4) is 0 Å². The van der Waals surface area contributed by atoms with E-state index in [4.69, 9.17) is 10.2 Å². The van der Waals surface area contributed by atoms with Crippen LogP contribution in [0.4, 0.5) is 0 Å². The lowest BCUT2D eigenvalue weighted by Crippen LogP contribution is -2.31. The van der Waals surface area contributed by atoms with E-state index in [9.17, 15) is 0 Å². The molecule has 0 atom stereocenters. The molecule has 0 aliphatic rings. The Morgan fingerprint density at radius 1 is 1.00 bits per heavy atom. The first-order valence-corrected chi connectivity index (χ1v) is 5.70. The summed E-state index contributed by atoms with van der Waals surface area (Å²) in [5.41, 5.74) is 1.28. The van der Waals surface area contributed by atoms with E-state index in [1.165, 1.54) is 5.56 Å². The van der Waals surface area contributed by atoms with E-state index in [-0.39, 0.29) is 13.2 Å². The van der Waals surface area contributed by atoms with E-state index in [1.807, 2.05) is 12.1 Å². The number of aryl methyl sites for hydroxylation is 1. The third-order valence-electron chi connectivity index (χ3n) is 2.52. The summed E-state index contributed by atoms with van der Waals surface area (Å²) in [7, 11) is 0. The summed E-state index contributed by atoms with van der Waals surface area (Å²) in [5, 5.41) is 17.7. The first-order valence-electron chi connectivity index (χ1n) is 5.70. The Kier molecular flexibility index (Phi) is 6.72. The van der Waals surface area contributed by atoms with Crippen LogP contribution >= 0.6 is 0 Å². The predicted molar refractivity (Wildman–Crippen MR) is 63.2 cm³/mol. The fourth-order valence-electron chi connectivity index (χ4n) is 1.67. The molecule has 1 rings (SSSR count). The van der Waals surface area contributed by atoms with E-state index in [0.29, 0.717) is 13.1 Å². The molecule has 1 heterocycles. The minimum atomic E-state index is 0.148. The van der Waals surface area contributed by atoms with Gasteiger partial charge in [-0.25, -0.2) is 0 Å². The first kappa shape index (κ1) is 13.1. The van der Waals surface area contributed by atoms with E-state index in [2.05, 4.69) is 9.88 Å². The van der Waals surface area contributed by atoms with Gasteiger partial charge in [0.05, 0.1) is 13.2 Å². The maximum atomic E-state index is 8.85. The van der Waals surface area contributed by atoms with Gasteiger partial charge in [-0.05, 0) is 37.1 Å². The highest BCUT2D eigenvalue weighted by Gasteiger charge is 2.02. The van der Waals surface area contributed by atoms with Crippen LogP contribution < -0.4 is 0 Å². The number of hydrogen-bond acceptors (Lipinski definition) is 4. The van der Waals surface area contributed by atoms with Gasteiger partial charge in [-0.1, -0.05) is 0 Å². The fraction of sp³-hybridized carbons (Fsp3) is 0.583. The Morgan fingerprint density at radius 3 is 2.19 bits per heavy atom. The Hall–Kier alpha value is -0.970. The second kappa shape index (κ2) is 8.21. The van der Waals surface area contributed by atoms with E-state index in [0.717, 1.165) is 19.4 Å². The van der Waals surface area contributed by atoms with Crippen LogP contribution in [0, 0.1) is 0 Å². The monoisotopic (exact) mass is 224 g/mol. The Balaban J connectivity index is 2.22. The molecular weight excluding hydrogens is 204 g/mol. The van der Waals surface area contributed by atoms with E-state index < -0.39 is 0 Å². The van der Waals surface area contributed by atoms with Gasteiger partial charge >= 0.3 is 0 Å². The molecule has 2 N–H and O–H groups in total. The van der Waals surface area contributed by atoms with Crippen LogP contribution in [0.2, 0.25) is 0 Å². The third-order valence-corrected chi connectivity index (χ3v) is 2.52. The second-order valence-corrected chi connectivity index (χ2v) is 3.75. The lowest BCUT2D eigenvalue weighted by atomic mass is 10.1. The Labute approximate surface area is 96.6 Å². The van der Waals surface area contributed by atoms with Gasteiger partial charge in [0, 0.05) is 25.5 Å². The molecule has 0 aliphatic carbocycles. The summed E-state index contributed by atoms with van der Waals surface area (Å²) in [6.07, 6.45) is 5.64. The average Bonchev–Trinajstić information content (AvgIpc) is 2.31. The maximum Gasteiger partial charge on any atom is 0.0558 e. The van der Waals surface area contributed by atoms with Crippen molar-refractivity contribution in [3.63, 3.8) is 0 Å². The number of hydrogen-bond donors (Lipinski definition) is 2. The van der Waals surface area contributed by atoms with Crippen molar-refractivity contribution in [1.29, 1.82) is 0 Å². The van der Waals surface area contributed by atoms with Gasteiger partial charge in [-0.2, -0.15) is 0 Å². The second-order valence-electron chi connectivity index (χ2n) is 3.75. The molecule has 0 amide bonds. The topological polar surface area (TPSA) is 56.6 Å². The van der Waals surface area contributed by atoms with E-state index in [1.54, 1.807) is 12.4 Å². The van der Waals surface area contributed by atoms with Crippen LogP contribution in [-0.2, 0) is 6.42 Å². The number of pyridine rings is 1. The zero-order valence-electron chi connectivity index (χ0n) is 9.55. The molecule has 0 spiro atoms. The number of aromatic nitrogens is 1. The highest BCUT2D eigenvalue weighted by molar-refractivity contribution is 5.09. The predicted octanol–water partition coefficient (Wildman–Crippen LogP) is 0.301. The van der Waals surface area contributed by atoms with Crippen molar-refractivity contribution >= 4 is 0 Å². The highest BCUT2D eigenvalue weighted by Crippen LogP contribution is 2.02. The third kappa shape index (κ3) is 5.21. The maximum absolute atomic E-state index is 8.85. The summed E-state index contributed by atoms with van der Waals surface area (Å²) in [6.45, 7) is 2.47. The first-order chi connectivity index (χ1) is 7.86. The standard InChI is InChI=1S/C12H20N2O2/c15-10-8-14(9-11-16)7-1-2-12-3-5-13-6-4-12/h3-6,15-16H,1-2,7-11H2. The van der Waals surface area contributed by atoms with Crippen LogP contribution in [0.5, 0.6) is 0 Å². The Bertz CT molecular complexity index is 261. The summed E-state index contributed by atoms with van der Waals surface area (Å²) in [4.78, 5) is 6.04. The van der Waals surface area contributed by atoms with Gasteiger partial charge in [-0.3, -0.25) is 9.88 Å². The number of aliphatic hydroxyl groups is 2. The number of nitrogens with zero attached hydrogens (tertiary/aromatic N) is 2. The lowest BCUT2D eigenvalue weighted by molar-refractivity contribution is 0.160. The quantitative estimate of drug-likeness (QED) is 0.667. The summed E-state index contributed by atoms with van der Waals surface area (Å²) in [5.74, 6) is 0. The highest BCUT2D eigenvalue weighted by atomic mass is 16.3. The zero-order valence-corrected chi connectivity index (χ0v) is 9.55. The van der Waals surface area contributed by atoms with Crippen molar-refractivity contribution in [3.05, 3.63) is 30.1 Å². The molecule has 0 aliphatic heterocycles. The number of rotatable bonds is 8. The van der Waals surface area contributed by atoms with Crippen LogP contribution in [0.15, 0.2) is 24.5 Å². The van der Waals surface area contributed by atoms with Gasteiger partial charge in [0.2, 0.25) is 0 Å². The molecule has 0 saturated carbocycles. The molecule has 1 aromatic rings. The van der Waals surface area contributed by atoms with Crippen LogP contribution in [0.3, 0.4) is 0 Å². The van der Waals surface area contributed by atoms with Gasteiger partial charge in [0.1, 0.15) is 0 Å². The molecule has 0 bridgehead atoms. The molecule has 16 heavy (non-hydrogen) atoms. The zero-order chi connectivity index (χ0) is 11.6. The smallest absolute Gasteiger partial charge is 0.0558 e. The normalized spacial score (nSPS) is 10.9. The van der Waals surface area contributed by atoms with Gasteiger partial charge in [-0.15, -0.1) is 0 Å². The lowest BCUT2D eigenvalue weighted by Gasteiger charge is -2.19. The summed E-state index contributed by atoms with van der Waals surface area (Å²) in [6, 6.07) is 4.03. The molecule has 0 saturated heterocycles. The van der Waals surface area contributed by atoms with Crippen LogP contribution in [-0.4, -0.2) is 52.9 Å². The largest absolute Gasteiger partial charge is 0.395 e. The van der Waals surface area contributed by atoms with Crippen molar-refractivity contribution < 1.29 is 10.2 Å². The summed E-state index contributed by atoms with van der Waals surface area (Å²) < 4.78 is 0. The molecule has 0 unspecified atom stereocenters. The van der Waals surface area contributed by atoms with Gasteiger partial charge in [0.15, 0.2) is 0 Å². The molecule has 0 aromatic carbocycles.